The van der Waals surface area contributed by atoms with E-state index in [0.29, 0.717) is 0 Å². The van der Waals surface area contributed by atoms with E-state index in [1.54, 1.807) is 0 Å². The number of aromatic hydroxyl groups is 2. The lowest BCUT2D eigenvalue weighted by molar-refractivity contribution is 0.0950. The first kappa shape index (κ1) is 14.3. The number of halogens is 1. The van der Waals surface area contributed by atoms with E-state index >= 15 is 0 Å². The maximum absolute atomic E-state index is 13.6. The molecule has 0 fully saturated rings. The second kappa shape index (κ2) is 5.92. The van der Waals surface area contributed by atoms with Gasteiger partial charge in [-0.05, 0) is 30.3 Å². The molecular weight excluding hydrogens is 275 g/mol. The summed E-state index contributed by atoms with van der Waals surface area (Å²) in [5.74, 6) is -1.84. The number of nitriles is 1. The highest BCUT2D eigenvalue weighted by atomic mass is 19.1. The number of benzene rings is 2. The number of nitrogens with zero attached hydrogens (tertiary/aromatic N) is 1. The van der Waals surface area contributed by atoms with E-state index in [4.69, 9.17) is 10.4 Å². The van der Waals surface area contributed by atoms with Crippen LogP contribution in [-0.2, 0) is 6.54 Å². The van der Waals surface area contributed by atoms with Gasteiger partial charge in [0.15, 0.2) is 11.5 Å². The largest absolute Gasteiger partial charge is 0.504 e. The molecule has 0 heterocycles. The minimum atomic E-state index is -0.581. The molecule has 21 heavy (non-hydrogen) atoms. The van der Waals surface area contributed by atoms with E-state index in [9.17, 15) is 14.3 Å². The lowest BCUT2D eigenvalue weighted by Crippen LogP contribution is -2.23. The summed E-state index contributed by atoms with van der Waals surface area (Å²) in [6, 6.07) is 9.41. The molecule has 6 heteroatoms. The predicted octanol–water partition coefficient (Wildman–Crippen LogP) is 2.04. The molecule has 0 aromatic heterocycles. The zero-order chi connectivity index (χ0) is 15.4. The van der Waals surface area contributed by atoms with Crippen molar-refractivity contribution in [3.8, 4) is 17.6 Å². The smallest absolute Gasteiger partial charge is 0.251 e. The normalized spacial score (nSPS) is 9.90. The standard InChI is InChI=1S/C15H11FN2O3/c16-12-5-9(7-17)1-2-11(12)8-18-15(21)10-3-4-13(19)14(20)6-10/h1-6,19-20H,8H2,(H,18,21). The molecule has 3 N–H and O–H groups in total. The second-order valence-corrected chi connectivity index (χ2v) is 4.30. The molecular formula is C15H11FN2O3. The molecule has 106 valence electrons. The molecule has 2 aromatic rings. The van der Waals surface area contributed by atoms with Gasteiger partial charge >= 0.3 is 0 Å². The number of nitrogens with one attached hydrogen (secondary N) is 1. The molecule has 0 unspecified atom stereocenters. The fourth-order valence-electron chi connectivity index (χ4n) is 1.70. The number of hydrogen-bond acceptors (Lipinski definition) is 4. The summed E-state index contributed by atoms with van der Waals surface area (Å²) < 4.78 is 13.6. The van der Waals surface area contributed by atoms with E-state index in [1.165, 1.54) is 24.3 Å². The number of phenolic OH excluding ortho intramolecular Hbond substituents is 2. The van der Waals surface area contributed by atoms with Gasteiger partial charge in [0, 0.05) is 17.7 Å². The third-order valence-electron chi connectivity index (χ3n) is 2.86. The van der Waals surface area contributed by atoms with Gasteiger partial charge in [-0.15, -0.1) is 0 Å². The number of rotatable bonds is 3. The minimum absolute atomic E-state index is 0.0575. The Labute approximate surface area is 119 Å². The van der Waals surface area contributed by atoms with Crippen molar-refractivity contribution in [3.63, 3.8) is 0 Å². The van der Waals surface area contributed by atoms with Crippen molar-refractivity contribution in [1.29, 1.82) is 5.26 Å². The van der Waals surface area contributed by atoms with Crippen LogP contribution in [-0.4, -0.2) is 16.1 Å². The Bertz CT molecular complexity index is 738. The van der Waals surface area contributed by atoms with Crippen LogP contribution in [0.5, 0.6) is 11.5 Å². The van der Waals surface area contributed by atoms with Crippen LogP contribution in [0.3, 0.4) is 0 Å². The van der Waals surface area contributed by atoms with Crippen LogP contribution in [0, 0.1) is 17.1 Å². The van der Waals surface area contributed by atoms with E-state index in [1.807, 2.05) is 6.07 Å². The van der Waals surface area contributed by atoms with Crippen LogP contribution in [0.1, 0.15) is 21.5 Å². The van der Waals surface area contributed by atoms with Crippen LogP contribution in [0.2, 0.25) is 0 Å². The summed E-state index contributed by atoms with van der Waals surface area (Å²) in [7, 11) is 0. The van der Waals surface area contributed by atoms with Gasteiger partial charge in [0.2, 0.25) is 0 Å². The second-order valence-electron chi connectivity index (χ2n) is 4.30. The number of carbonyl (C=O) groups excluding carboxylic acids is 1. The van der Waals surface area contributed by atoms with Crippen molar-refractivity contribution in [2.24, 2.45) is 0 Å². The molecule has 2 rings (SSSR count). The molecule has 1 amide bonds. The van der Waals surface area contributed by atoms with Gasteiger partial charge in [-0.1, -0.05) is 6.07 Å². The molecule has 0 aliphatic rings. The van der Waals surface area contributed by atoms with Crippen LogP contribution in [0.15, 0.2) is 36.4 Å². The Kier molecular flexibility index (Phi) is 4.05. The zero-order valence-electron chi connectivity index (χ0n) is 10.8. The topological polar surface area (TPSA) is 93.4 Å². The maximum atomic E-state index is 13.6. The molecule has 0 atom stereocenters. The molecule has 0 saturated carbocycles. The van der Waals surface area contributed by atoms with E-state index < -0.39 is 17.5 Å². The van der Waals surface area contributed by atoms with Gasteiger partial charge < -0.3 is 15.5 Å². The lowest BCUT2D eigenvalue weighted by atomic mass is 10.1. The van der Waals surface area contributed by atoms with Crippen molar-refractivity contribution in [2.75, 3.05) is 0 Å². The van der Waals surface area contributed by atoms with E-state index in [0.717, 1.165) is 12.1 Å². The Hall–Kier alpha value is -3.07. The van der Waals surface area contributed by atoms with E-state index in [-0.39, 0.29) is 29.0 Å². The summed E-state index contributed by atoms with van der Waals surface area (Å²) in [6.07, 6.45) is 0. The Morgan fingerprint density at radius 1 is 1.19 bits per heavy atom. The summed E-state index contributed by atoms with van der Waals surface area (Å²) >= 11 is 0. The average Bonchev–Trinajstić information content (AvgIpc) is 2.48. The molecule has 5 nitrogen and oxygen atoms in total. The van der Waals surface area contributed by atoms with Crippen LogP contribution < -0.4 is 5.32 Å². The summed E-state index contributed by atoms with van der Waals surface area (Å²) in [6.45, 7) is -0.0575. The van der Waals surface area contributed by atoms with Crippen LogP contribution in [0.4, 0.5) is 4.39 Å². The first-order valence-electron chi connectivity index (χ1n) is 6.00. The van der Waals surface area contributed by atoms with Gasteiger partial charge in [0.05, 0.1) is 11.6 Å². The molecule has 0 spiro atoms. The highest BCUT2D eigenvalue weighted by Crippen LogP contribution is 2.24. The van der Waals surface area contributed by atoms with Crippen LogP contribution >= 0.6 is 0 Å². The Morgan fingerprint density at radius 2 is 1.95 bits per heavy atom. The maximum Gasteiger partial charge on any atom is 0.251 e. The average molecular weight is 286 g/mol. The summed E-state index contributed by atoms with van der Waals surface area (Å²) in [5, 5.41) is 29.6. The molecule has 0 saturated heterocycles. The van der Waals surface area contributed by atoms with Crippen molar-refractivity contribution >= 4 is 5.91 Å². The van der Waals surface area contributed by atoms with Crippen molar-refractivity contribution in [2.45, 2.75) is 6.54 Å². The fraction of sp³-hybridized carbons (Fsp3) is 0.0667. The molecule has 0 aliphatic heterocycles. The van der Waals surface area contributed by atoms with Gasteiger partial charge in [-0.2, -0.15) is 5.26 Å². The number of hydrogen-bond donors (Lipinski definition) is 3. The number of phenols is 2. The van der Waals surface area contributed by atoms with Gasteiger partial charge in [0.25, 0.3) is 5.91 Å². The van der Waals surface area contributed by atoms with Crippen molar-refractivity contribution in [1.82, 2.24) is 5.32 Å². The van der Waals surface area contributed by atoms with Crippen molar-refractivity contribution in [3.05, 3.63) is 58.9 Å². The van der Waals surface area contributed by atoms with E-state index in [2.05, 4.69) is 5.32 Å². The molecule has 0 radical (unpaired) electrons. The lowest BCUT2D eigenvalue weighted by Gasteiger charge is -2.07. The third kappa shape index (κ3) is 3.28. The monoisotopic (exact) mass is 286 g/mol. The number of carbonyl (C=O) groups is 1. The Balaban J connectivity index is 2.07. The molecule has 0 bridgehead atoms. The first-order valence-corrected chi connectivity index (χ1v) is 6.00. The minimum Gasteiger partial charge on any atom is -0.504 e. The van der Waals surface area contributed by atoms with Crippen LogP contribution in [0.25, 0.3) is 0 Å². The quantitative estimate of drug-likeness (QED) is 0.753. The third-order valence-corrected chi connectivity index (χ3v) is 2.86. The van der Waals surface area contributed by atoms with Gasteiger partial charge in [-0.25, -0.2) is 4.39 Å². The summed E-state index contributed by atoms with van der Waals surface area (Å²) in [5.41, 5.74) is 0.579. The fourth-order valence-corrected chi connectivity index (χ4v) is 1.70. The summed E-state index contributed by atoms with van der Waals surface area (Å²) in [4.78, 5) is 11.8. The van der Waals surface area contributed by atoms with Crippen molar-refractivity contribution < 1.29 is 19.4 Å². The predicted molar refractivity (Wildman–Crippen MR) is 72.1 cm³/mol. The van der Waals surface area contributed by atoms with Gasteiger partial charge in [0.1, 0.15) is 5.82 Å². The molecule has 0 aliphatic carbocycles. The highest BCUT2D eigenvalue weighted by Gasteiger charge is 2.10. The molecule has 2 aromatic carbocycles. The number of amides is 1. The van der Waals surface area contributed by atoms with Gasteiger partial charge in [-0.3, -0.25) is 4.79 Å². The first-order chi connectivity index (χ1) is 10.0. The Morgan fingerprint density at radius 3 is 2.57 bits per heavy atom. The zero-order valence-corrected chi connectivity index (χ0v) is 10.8. The highest BCUT2D eigenvalue weighted by molar-refractivity contribution is 5.94. The SMILES string of the molecule is N#Cc1ccc(CNC(=O)c2ccc(O)c(O)c2)c(F)c1.